The van der Waals surface area contributed by atoms with E-state index in [-0.39, 0.29) is 12.7 Å². The smallest absolute Gasteiger partial charge is 0.256 e. The maximum absolute atomic E-state index is 12.4. The van der Waals surface area contributed by atoms with E-state index in [1.54, 1.807) is 18.2 Å². The van der Waals surface area contributed by atoms with Crippen molar-refractivity contribution in [1.29, 1.82) is 0 Å². The van der Waals surface area contributed by atoms with Gasteiger partial charge in [0.15, 0.2) is 11.5 Å². The van der Waals surface area contributed by atoms with Crippen molar-refractivity contribution < 1.29 is 14.3 Å². The molecule has 0 saturated carbocycles. The van der Waals surface area contributed by atoms with Gasteiger partial charge in [0.2, 0.25) is 6.79 Å². The number of piperazine rings is 1. The van der Waals surface area contributed by atoms with Crippen molar-refractivity contribution in [2.45, 2.75) is 6.92 Å². The number of fused-ring (bicyclic) bond motifs is 1. The summed E-state index contributed by atoms with van der Waals surface area (Å²) in [7, 11) is 0. The Balaban J connectivity index is 1.39. The lowest BCUT2D eigenvalue weighted by molar-refractivity contribution is 0.102. The Hall–Kier alpha value is -2.80. The van der Waals surface area contributed by atoms with Gasteiger partial charge in [-0.05, 0) is 36.9 Å². The largest absolute Gasteiger partial charge is 0.454 e. The van der Waals surface area contributed by atoms with Crippen LogP contribution in [0, 0.1) is 0 Å². The highest BCUT2D eigenvalue weighted by atomic mass is 16.7. The summed E-state index contributed by atoms with van der Waals surface area (Å²) >= 11 is 0. The lowest BCUT2D eigenvalue weighted by Crippen LogP contribution is -2.46. The van der Waals surface area contributed by atoms with Crippen LogP contribution in [0.15, 0.2) is 36.5 Å². The van der Waals surface area contributed by atoms with Gasteiger partial charge in [0.1, 0.15) is 5.82 Å². The zero-order chi connectivity index (χ0) is 17.9. The van der Waals surface area contributed by atoms with Gasteiger partial charge in [-0.25, -0.2) is 4.98 Å². The van der Waals surface area contributed by atoms with E-state index in [1.807, 2.05) is 18.3 Å². The van der Waals surface area contributed by atoms with Gasteiger partial charge in [0.05, 0.1) is 11.9 Å². The van der Waals surface area contributed by atoms with E-state index in [4.69, 9.17) is 9.47 Å². The van der Waals surface area contributed by atoms with Gasteiger partial charge >= 0.3 is 0 Å². The van der Waals surface area contributed by atoms with Crippen LogP contribution >= 0.6 is 0 Å². The molecule has 0 unspecified atom stereocenters. The first kappa shape index (κ1) is 16.7. The van der Waals surface area contributed by atoms with Gasteiger partial charge in [0.25, 0.3) is 5.91 Å². The number of nitrogens with one attached hydrogen (secondary N) is 1. The zero-order valence-corrected chi connectivity index (χ0v) is 14.8. The Morgan fingerprint density at radius 3 is 2.65 bits per heavy atom. The van der Waals surface area contributed by atoms with Crippen LogP contribution in [-0.4, -0.2) is 55.3 Å². The molecule has 0 atom stereocenters. The van der Waals surface area contributed by atoms with Gasteiger partial charge < -0.3 is 24.6 Å². The summed E-state index contributed by atoms with van der Waals surface area (Å²) in [5.74, 6) is 1.56. The number of anilines is 2. The number of pyridine rings is 1. The minimum Gasteiger partial charge on any atom is -0.454 e. The molecule has 2 aliphatic heterocycles. The molecule has 2 aliphatic rings. The van der Waals surface area contributed by atoms with Gasteiger partial charge in [-0.2, -0.15) is 0 Å². The molecule has 3 heterocycles. The molecule has 1 N–H and O–H groups in total. The van der Waals surface area contributed by atoms with Gasteiger partial charge in [-0.15, -0.1) is 0 Å². The quantitative estimate of drug-likeness (QED) is 0.908. The molecule has 0 aliphatic carbocycles. The molecule has 1 amide bonds. The summed E-state index contributed by atoms with van der Waals surface area (Å²) in [4.78, 5) is 21.6. The summed E-state index contributed by atoms with van der Waals surface area (Å²) in [6, 6.07) is 8.98. The molecule has 2 aromatic rings. The van der Waals surface area contributed by atoms with Crippen LogP contribution in [0.3, 0.4) is 0 Å². The van der Waals surface area contributed by atoms with E-state index in [1.165, 1.54) is 0 Å². The Bertz CT molecular complexity index is 786. The molecule has 0 bridgehead atoms. The number of rotatable bonds is 4. The molecular weight excluding hydrogens is 332 g/mol. The number of nitrogens with zero attached hydrogens (tertiary/aromatic N) is 3. The Kier molecular flexibility index (Phi) is 4.62. The minimum absolute atomic E-state index is 0.190. The van der Waals surface area contributed by atoms with Crippen molar-refractivity contribution in [3.8, 4) is 11.5 Å². The van der Waals surface area contributed by atoms with E-state index >= 15 is 0 Å². The number of hydrogen-bond acceptors (Lipinski definition) is 6. The molecule has 1 aromatic carbocycles. The Morgan fingerprint density at radius 1 is 1.12 bits per heavy atom. The highest BCUT2D eigenvalue weighted by Crippen LogP contribution is 2.32. The van der Waals surface area contributed by atoms with E-state index in [2.05, 4.69) is 27.0 Å². The van der Waals surface area contributed by atoms with Crippen molar-refractivity contribution in [1.82, 2.24) is 9.88 Å². The molecule has 136 valence electrons. The highest BCUT2D eigenvalue weighted by molar-refractivity contribution is 6.04. The molecule has 4 rings (SSSR count). The van der Waals surface area contributed by atoms with Crippen LogP contribution in [-0.2, 0) is 0 Å². The first-order chi connectivity index (χ1) is 12.7. The second-order valence-corrected chi connectivity index (χ2v) is 6.35. The maximum Gasteiger partial charge on any atom is 0.256 e. The molecule has 7 heteroatoms. The summed E-state index contributed by atoms with van der Waals surface area (Å²) in [5.41, 5.74) is 1.60. The molecule has 7 nitrogen and oxygen atoms in total. The number of likely N-dealkylation sites (N-methyl/N-ethyl adjacent to an activating group) is 1. The van der Waals surface area contributed by atoms with E-state index in [9.17, 15) is 4.79 Å². The van der Waals surface area contributed by atoms with Gasteiger partial charge in [-0.3, -0.25) is 4.79 Å². The first-order valence-corrected chi connectivity index (χ1v) is 8.87. The van der Waals surface area contributed by atoms with E-state index in [0.29, 0.717) is 22.9 Å². The average molecular weight is 354 g/mol. The van der Waals surface area contributed by atoms with E-state index < -0.39 is 0 Å². The normalized spacial score (nSPS) is 16.6. The topological polar surface area (TPSA) is 66.9 Å². The molecule has 1 fully saturated rings. The van der Waals surface area contributed by atoms with Crippen LogP contribution in [0.5, 0.6) is 11.5 Å². The summed E-state index contributed by atoms with van der Waals surface area (Å²) < 4.78 is 10.6. The number of ether oxygens (including phenoxy) is 2. The molecule has 26 heavy (non-hydrogen) atoms. The van der Waals surface area contributed by atoms with Crippen molar-refractivity contribution >= 4 is 17.4 Å². The third-order valence-electron chi connectivity index (χ3n) is 4.81. The Morgan fingerprint density at radius 2 is 1.92 bits per heavy atom. The van der Waals surface area contributed by atoms with Crippen LogP contribution in [0.25, 0.3) is 0 Å². The standard InChI is InChI=1S/C19H22N4O3/c1-2-22-7-9-23(10-8-22)15-4-6-18(20-12-15)21-19(24)14-3-5-16-17(11-14)26-13-25-16/h3-6,11-12H,2,7-10,13H2,1H3,(H,20,21,24). The van der Waals surface area contributed by atoms with Crippen LogP contribution in [0.4, 0.5) is 11.5 Å². The third-order valence-corrected chi connectivity index (χ3v) is 4.81. The molecule has 1 aromatic heterocycles. The van der Waals surface area contributed by atoms with Crippen LogP contribution < -0.4 is 19.7 Å². The SMILES string of the molecule is CCN1CCN(c2ccc(NC(=O)c3ccc4c(c3)OCO4)nc2)CC1. The third kappa shape index (κ3) is 3.43. The zero-order valence-electron chi connectivity index (χ0n) is 14.8. The average Bonchev–Trinajstić information content (AvgIpc) is 3.16. The first-order valence-electron chi connectivity index (χ1n) is 8.87. The van der Waals surface area contributed by atoms with Crippen LogP contribution in [0.2, 0.25) is 0 Å². The fourth-order valence-corrected chi connectivity index (χ4v) is 3.20. The highest BCUT2D eigenvalue weighted by Gasteiger charge is 2.18. The second-order valence-electron chi connectivity index (χ2n) is 6.35. The lowest BCUT2D eigenvalue weighted by Gasteiger charge is -2.35. The number of aromatic nitrogens is 1. The molecule has 0 radical (unpaired) electrons. The number of carbonyl (C=O) groups is 1. The lowest BCUT2D eigenvalue weighted by atomic mass is 10.2. The van der Waals surface area contributed by atoms with Gasteiger partial charge in [0, 0.05) is 31.7 Å². The fourth-order valence-electron chi connectivity index (χ4n) is 3.20. The summed E-state index contributed by atoms with van der Waals surface area (Å²) in [6.07, 6.45) is 1.82. The monoisotopic (exact) mass is 354 g/mol. The van der Waals surface area contributed by atoms with Crippen molar-refractivity contribution in [3.05, 3.63) is 42.1 Å². The summed E-state index contributed by atoms with van der Waals surface area (Å²) in [6.45, 7) is 7.61. The second kappa shape index (κ2) is 7.21. The van der Waals surface area contributed by atoms with Crippen LogP contribution in [0.1, 0.15) is 17.3 Å². The minimum atomic E-state index is -0.222. The van der Waals surface area contributed by atoms with Gasteiger partial charge in [-0.1, -0.05) is 6.92 Å². The molecule has 1 saturated heterocycles. The van der Waals surface area contributed by atoms with Crippen molar-refractivity contribution in [3.63, 3.8) is 0 Å². The van der Waals surface area contributed by atoms with E-state index in [0.717, 1.165) is 38.4 Å². The molecule has 0 spiro atoms. The number of carbonyl (C=O) groups excluding carboxylic acids is 1. The Labute approximate surface area is 152 Å². The summed E-state index contributed by atoms with van der Waals surface area (Å²) in [5, 5.41) is 2.82. The number of amides is 1. The molecular formula is C19H22N4O3. The number of benzene rings is 1. The predicted octanol–water partition coefficient (Wildman–Crippen LogP) is 2.20. The maximum atomic E-state index is 12.4. The fraction of sp³-hybridized carbons (Fsp3) is 0.368. The van der Waals surface area contributed by atoms with Crippen molar-refractivity contribution in [2.75, 3.05) is 49.7 Å². The number of hydrogen-bond donors (Lipinski definition) is 1. The van der Waals surface area contributed by atoms with Crippen molar-refractivity contribution in [2.24, 2.45) is 0 Å². The predicted molar refractivity (Wildman–Crippen MR) is 99.1 cm³/mol.